The number of aromatic nitrogens is 1. The second-order valence-electron chi connectivity index (χ2n) is 2.93. The highest BCUT2D eigenvalue weighted by molar-refractivity contribution is 5.45. The lowest BCUT2D eigenvalue weighted by Crippen LogP contribution is -2.27. The Labute approximate surface area is 71.8 Å². The fraction of sp³-hybridized carbons (Fsp3) is 0.182. The van der Waals surface area contributed by atoms with Crippen molar-refractivity contribution in [2.75, 3.05) is 0 Å². The Morgan fingerprint density at radius 3 is 2.75 bits per heavy atom. The van der Waals surface area contributed by atoms with Gasteiger partial charge in [-0.05, 0) is 35.4 Å². The van der Waals surface area contributed by atoms with Crippen molar-refractivity contribution in [2.24, 2.45) is 0 Å². The SMILES string of the molecule is C=Cc1cc2c(cn1)=CCCC=2. The van der Waals surface area contributed by atoms with Gasteiger partial charge in [-0.15, -0.1) is 0 Å². The number of rotatable bonds is 1. The molecule has 0 unspecified atom stereocenters. The number of hydrogen-bond acceptors (Lipinski definition) is 1. The summed E-state index contributed by atoms with van der Waals surface area (Å²) < 4.78 is 0. The van der Waals surface area contributed by atoms with E-state index >= 15 is 0 Å². The van der Waals surface area contributed by atoms with Crippen molar-refractivity contribution in [2.45, 2.75) is 12.8 Å². The standard InChI is InChI=1S/C11H11N/c1-2-11-7-9-5-3-4-6-10(9)8-12-11/h2,5-8H,1,3-4H2. The van der Waals surface area contributed by atoms with Crippen LogP contribution in [0.5, 0.6) is 0 Å². The van der Waals surface area contributed by atoms with E-state index in [4.69, 9.17) is 0 Å². The van der Waals surface area contributed by atoms with Crippen molar-refractivity contribution in [1.29, 1.82) is 0 Å². The molecule has 0 bridgehead atoms. The van der Waals surface area contributed by atoms with Gasteiger partial charge in [-0.1, -0.05) is 18.7 Å². The molecule has 0 N–H and O–H groups in total. The van der Waals surface area contributed by atoms with Crippen LogP contribution in [-0.4, -0.2) is 4.98 Å². The van der Waals surface area contributed by atoms with Crippen molar-refractivity contribution in [3.05, 3.63) is 35.0 Å². The first kappa shape index (κ1) is 7.29. The van der Waals surface area contributed by atoms with Crippen molar-refractivity contribution in [3.63, 3.8) is 0 Å². The van der Waals surface area contributed by atoms with Crippen LogP contribution in [0.15, 0.2) is 18.8 Å². The average Bonchev–Trinajstić information content (AvgIpc) is 2.17. The van der Waals surface area contributed by atoms with E-state index < -0.39 is 0 Å². The predicted octanol–water partition coefficient (Wildman–Crippen LogP) is 1.08. The first-order chi connectivity index (χ1) is 5.90. The highest BCUT2D eigenvalue weighted by atomic mass is 14.7. The average molecular weight is 157 g/mol. The molecule has 1 aliphatic carbocycles. The van der Waals surface area contributed by atoms with E-state index in [0.29, 0.717) is 0 Å². The number of pyridine rings is 1. The van der Waals surface area contributed by atoms with Crippen LogP contribution in [0, 0.1) is 0 Å². The summed E-state index contributed by atoms with van der Waals surface area (Å²) in [4.78, 5) is 4.24. The Morgan fingerprint density at radius 2 is 2.00 bits per heavy atom. The van der Waals surface area contributed by atoms with Crippen LogP contribution in [-0.2, 0) is 0 Å². The van der Waals surface area contributed by atoms with Gasteiger partial charge in [0.2, 0.25) is 0 Å². The Hall–Kier alpha value is -1.37. The lowest BCUT2D eigenvalue weighted by atomic mass is 10.1. The highest BCUT2D eigenvalue weighted by Crippen LogP contribution is 1.95. The maximum absolute atomic E-state index is 4.24. The molecule has 1 aromatic rings. The lowest BCUT2D eigenvalue weighted by molar-refractivity contribution is 1.10. The Morgan fingerprint density at radius 1 is 1.25 bits per heavy atom. The van der Waals surface area contributed by atoms with E-state index in [9.17, 15) is 0 Å². The molecule has 0 saturated carbocycles. The molecule has 0 amide bonds. The molecule has 12 heavy (non-hydrogen) atoms. The van der Waals surface area contributed by atoms with Crippen molar-refractivity contribution in [3.8, 4) is 0 Å². The van der Waals surface area contributed by atoms with Gasteiger partial charge in [0.25, 0.3) is 0 Å². The van der Waals surface area contributed by atoms with Crippen molar-refractivity contribution >= 4 is 18.2 Å². The molecular weight excluding hydrogens is 146 g/mol. The van der Waals surface area contributed by atoms with Crippen LogP contribution < -0.4 is 10.4 Å². The molecule has 1 aliphatic rings. The molecular formula is C11H11N. The smallest absolute Gasteiger partial charge is 0.0630 e. The van der Waals surface area contributed by atoms with Gasteiger partial charge in [-0.2, -0.15) is 0 Å². The highest BCUT2D eigenvalue weighted by Gasteiger charge is 1.93. The van der Waals surface area contributed by atoms with Gasteiger partial charge in [-0.3, -0.25) is 4.98 Å². The van der Waals surface area contributed by atoms with E-state index in [2.05, 4.69) is 29.8 Å². The molecule has 1 heteroatoms. The van der Waals surface area contributed by atoms with Gasteiger partial charge in [0.1, 0.15) is 0 Å². The maximum Gasteiger partial charge on any atom is 0.0630 e. The monoisotopic (exact) mass is 157 g/mol. The summed E-state index contributed by atoms with van der Waals surface area (Å²) in [6, 6.07) is 2.08. The van der Waals surface area contributed by atoms with Crippen LogP contribution in [0.25, 0.3) is 18.2 Å². The molecule has 0 aliphatic heterocycles. The molecule has 0 aromatic carbocycles. The molecule has 0 radical (unpaired) electrons. The summed E-state index contributed by atoms with van der Waals surface area (Å²) in [5.74, 6) is 0. The number of fused-ring (bicyclic) bond motifs is 1. The minimum atomic E-state index is 0.959. The summed E-state index contributed by atoms with van der Waals surface area (Å²) in [6.07, 6.45) is 10.5. The zero-order valence-electron chi connectivity index (χ0n) is 6.96. The van der Waals surface area contributed by atoms with Crippen LogP contribution in [0.3, 0.4) is 0 Å². The van der Waals surface area contributed by atoms with Gasteiger partial charge in [0.15, 0.2) is 0 Å². The molecule has 1 aromatic heterocycles. The molecule has 1 nitrogen and oxygen atoms in total. The third-order valence-electron chi connectivity index (χ3n) is 2.09. The zero-order valence-corrected chi connectivity index (χ0v) is 6.96. The van der Waals surface area contributed by atoms with Crippen molar-refractivity contribution in [1.82, 2.24) is 4.98 Å². The molecule has 0 saturated heterocycles. The maximum atomic E-state index is 4.24. The molecule has 2 rings (SSSR count). The minimum Gasteiger partial charge on any atom is -0.256 e. The fourth-order valence-electron chi connectivity index (χ4n) is 1.44. The fourth-order valence-corrected chi connectivity index (χ4v) is 1.44. The molecule has 1 heterocycles. The third kappa shape index (κ3) is 1.18. The van der Waals surface area contributed by atoms with Gasteiger partial charge in [0.05, 0.1) is 5.69 Å². The van der Waals surface area contributed by atoms with E-state index in [-0.39, 0.29) is 0 Å². The lowest BCUT2D eigenvalue weighted by Gasteiger charge is -1.99. The van der Waals surface area contributed by atoms with E-state index in [0.717, 1.165) is 18.5 Å². The summed E-state index contributed by atoms with van der Waals surface area (Å²) in [6.45, 7) is 3.69. The van der Waals surface area contributed by atoms with Crippen LogP contribution in [0.1, 0.15) is 18.5 Å². The third-order valence-corrected chi connectivity index (χ3v) is 2.09. The molecule has 0 atom stereocenters. The van der Waals surface area contributed by atoms with Gasteiger partial charge >= 0.3 is 0 Å². The summed E-state index contributed by atoms with van der Waals surface area (Å²) in [7, 11) is 0. The Bertz CT molecular complexity index is 415. The number of hydrogen-bond donors (Lipinski definition) is 0. The summed E-state index contributed by atoms with van der Waals surface area (Å²) in [5.41, 5.74) is 0.959. The predicted molar refractivity (Wildman–Crippen MR) is 51.7 cm³/mol. The normalized spacial score (nSPS) is 14.0. The van der Waals surface area contributed by atoms with E-state index in [1.807, 2.05) is 6.20 Å². The molecule has 0 spiro atoms. The molecule has 0 fully saturated rings. The Balaban J connectivity index is 2.73. The van der Waals surface area contributed by atoms with Crippen LogP contribution >= 0.6 is 0 Å². The summed E-state index contributed by atoms with van der Waals surface area (Å²) in [5, 5.41) is 2.55. The van der Waals surface area contributed by atoms with Gasteiger partial charge in [0, 0.05) is 6.20 Å². The quantitative estimate of drug-likeness (QED) is 0.594. The van der Waals surface area contributed by atoms with Gasteiger partial charge < -0.3 is 0 Å². The topological polar surface area (TPSA) is 12.9 Å². The first-order valence-corrected chi connectivity index (χ1v) is 4.19. The number of nitrogens with zero attached hydrogens (tertiary/aromatic N) is 1. The van der Waals surface area contributed by atoms with Crippen LogP contribution in [0.2, 0.25) is 0 Å². The van der Waals surface area contributed by atoms with Crippen LogP contribution in [0.4, 0.5) is 0 Å². The van der Waals surface area contributed by atoms with Crippen molar-refractivity contribution < 1.29 is 0 Å². The minimum absolute atomic E-state index is 0.959. The summed E-state index contributed by atoms with van der Waals surface area (Å²) >= 11 is 0. The second-order valence-corrected chi connectivity index (χ2v) is 2.93. The largest absolute Gasteiger partial charge is 0.256 e. The Kier molecular flexibility index (Phi) is 1.78. The first-order valence-electron chi connectivity index (χ1n) is 4.19. The van der Waals surface area contributed by atoms with E-state index in [1.165, 1.54) is 10.4 Å². The van der Waals surface area contributed by atoms with Gasteiger partial charge in [-0.25, -0.2) is 0 Å². The van der Waals surface area contributed by atoms with E-state index in [1.54, 1.807) is 6.08 Å². The second kappa shape index (κ2) is 2.94. The molecule has 60 valence electrons. The zero-order chi connectivity index (χ0) is 8.39.